The van der Waals surface area contributed by atoms with Gasteiger partial charge in [-0.3, -0.25) is 14.7 Å². The fourth-order valence-electron chi connectivity index (χ4n) is 10.9. The van der Waals surface area contributed by atoms with Crippen LogP contribution in [0.5, 0.6) is 0 Å². The molecule has 1 aromatic carbocycles. The Balaban J connectivity index is 0.000000204. The Morgan fingerprint density at radius 1 is 0.770 bits per heavy atom. The second-order valence-corrected chi connectivity index (χ2v) is 21.2. The maximum absolute atomic E-state index is 12.6. The molecule has 2 unspecified atom stereocenters. The van der Waals surface area contributed by atoms with E-state index in [0.717, 1.165) is 83.9 Å². The van der Waals surface area contributed by atoms with Crippen LogP contribution in [0.3, 0.4) is 0 Å². The summed E-state index contributed by atoms with van der Waals surface area (Å²) in [6, 6.07) is 21.9. The van der Waals surface area contributed by atoms with E-state index in [2.05, 4.69) is 104 Å². The number of piperazine rings is 2. The summed E-state index contributed by atoms with van der Waals surface area (Å²) >= 11 is 0. The molecule has 12 nitrogen and oxygen atoms in total. The lowest BCUT2D eigenvalue weighted by Gasteiger charge is -2.50. The molecule has 2 saturated heterocycles. The number of hydrogen-bond donors (Lipinski definition) is 2. The zero-order valence-corrected chi connectivity index (χ0v) is 45.9. The van der Waals surface area contributed by atoms with Crippen molar-refractivity contribution in [1.29, 1.82) is 5.26 Å². The van der Waals surface area contributed by atoms with E-state index in [9.17, 15) is 20.3 Å². The second kappa shape index (κ2) is 25.0. The molecule has 394 valence electrons. The average molecular weight is 1000 g/mol. The molecule has 12 heteroatoms. The van der Waals surface area contributed by atoms with Crippen molar-refractivity contribution >= 4 is 40.6 Å². The first-order chi connectivity index (χ1) is 35.8. The molecule has 2 aliphatic heterocycles. The highest BCUT2D eigenvalue weighted by molar-refractivity contribution is 5.86. The van der Waals surface area contributed by atoms with Gasteiger partial charge in [0.1, 0.15) is 17.7 Å². The summed E-state index contributed by atoms with van der Waals surface area (Å²) in [5, 5.41) is 30.1. The van der Waals surface area contributed by atoms with Gasteiger partial charge in [-0.1, -0.05) is 72.9 Å². The van der Waals surface area contributed by atoms with Crippen LogP contribution in [0.15, 0.2) is 74.0 Å². The van der Waals surface area contributed by atoms with Gasteiger partial charge in [0.25, 0.3) is 0 Å². The van der Waals surface area contributed by atoms with Crippen molar-refractivity contribution in [2.24, 2.45) is 11.8 Å². The van der Waals surface area contributed by atoms with Crippen LogP contribution in [-0.4, -0.2) is 116 Å². The maximum atomic E-state index is 12.6. The number of nitrogens with zero attached hydrogens (tertiary/aromatic N) is 9. The van der Waals surface area contributed by atoms with Gasteiger partial charge in [0.15, 0.2) is 0 Å². The molecule has 0 radical (unpaired) electrons. The minimum Gasteiger partial charge on any atom is -0.396 e. The number of aryl methyl sites for hydroxylation is 1. The molecular formula is C62H83N9O3. The molecule has 5 aliphatic rings. The summed E-state index contributed by atoms with van der Waals surface area (Å²) in [5.41, 5.74) is 11.3. The Morgan fingerprint density at radius 2 is 1.39 bits per heavy atom. The molecule has 5 fully saturated rings. The summed E-state index contributed by atoms with van der Waals surface area (Å²) in [6.07, 6.45) is 13.6. The average Bonchev–Trinajstić information content (AvgIpc) is 4.25. The summed E-state index contributed by atoms with van der Waals surface area (Å²) < 4.78 is 0. The number of pyridine rings is 4. The van der Waals surface area contributed by atoms with Gasteiger partial charge in [-0.2, -0.15) is 5.26 Å². The van der Waals surface area contributed by atoms with Crippen LogP contribution in [-0.2, 0) is 4.79 Å². The number of amides is 1. The molecule has 1 amide bonds. The van der Waals surface area contributed by atoms with Crippen molar-refractivity contribution in [3.8, 4) is 28.3 Å². The molecule has 2 N–H and O–H groups in total. The third-order valence-corrected chi connectivity index (χ3v) is 15.4. The smallest absolute Gasteiger partial charge is 0.225 e. The number of fused-ring (bicyclic) bond motifs is 1. The predicted molar refractivity (Wildman–Crippen MR) is 304 cm³/mol. The summed E-state index contributed by atoms with van der Waals surface area (Å²) in [6.45, 7) is 31.7. The van der Waals surface area contributed by atoms with Crippen molar-refractivity contribution in [2.45, 2.75) is 143 Å². The van der Waals surface area contributed by atoms with Crippen LogP contribution in [0.2, 0.25) is 0 Å². The summed E-state index contributed by atoms with van der Waals surface area (Å²) in [4.78, 5) is 41.4. The van der Waals surface area contributed by atoms with E-state index in [-0.39, 0.29) is 43.0 Å². The standard InChI is InChI=1S/C32H40N4O.C26H31N5O2.2C2H6/c1-5-26-13-12-22-6-11-25(19-28(22)33-26)27-18-21(2)31(34-30(27)24-9-10-24)35-15-16-36(32(3,4)14-17-37)29(20-35)23-7-8-23;1-4-21-13-19(7-9-28-21)22-14-20(15-27)26(29-25(22)18-5-6-18)30-10-11-31(24(33)8-12-32)23(16-30)17(2)3;2*1-2/h5-6,11-13,18-19,23-24,29,37H,1,7-10,14-17,20H2,2-4H3;4,7,9,13-14,17-18,23,32H,1,5-6,8,10-12,16H2,2-3H3;2*1-2H3. The first-order valence-electron chi connectivity index (χ1n) is 27.7. The van der Waals surface area contributed by atoms with E-state index in [1.54, 1.807) is 12.3 Å². The molecule has 3 saturated carbocycles. The van der Waals surface area contributed by atoms with E-state index in [0.29, 0.717) is 48.9 Å². The monoisotopic (exact) mass is 1000 g/mol. The molecule has 0 bridgehead atoms. The van der Waals surface area contributed by atoms with Crippen LogP contribution in [0, 0.1) is 30.1 Å². The lowest BCUT2D eigenvalue weighted by Crippen LogP contribution is -2.61. The Hall–Kier alpha value is -6.00. The fraction of sp³-hybridized carbons (Fsp3) is 0.516. The Labute approximate surface area is 442 Å². The first kappa shape index (κ1) is 55.7. The van der Waals surface area contributed by atoms with E-state index in [4.69, 9.17) is 15.0 Å². The highest BCUT2D eigenvalue weighted by atomic mass is 16.3. The summed E-state index contributed by atoms with van der Waals surface area (Å²) in [5.74, 6) is 3.84. The maximum Gasteiger partial charge on any atom is 0.225 e. The number of carbonyl (C=O) groups is 1. The fourth-order valence-corrected chi connectivity index (χ4v) is 10.9. The van der Waals surface area contributed by atoms with E-state index < -0.39 is 0 Å². The van der Waals surface area contributed by atoms with Gasteiger partial charge in [-0.05, 0) is 143 Å². The predicted octanol–water partition coefficient (Wildman–Crippen LogP) is 11.8. The van der Waals surface area contributed by atoms with Crippen LogP contribution in [0.1, 0.15) is 152 Å². The van der Waals surface area contributed by atoms with E-state index in [1.165, 1.54) is 53.9 Å². The number of nitriles is 1. The van der Waals surface area contributed by atoms with Gasteiger partial charge in [-0.25, -0.2) is 15.0 Å². The van der Waals surface area contributed by atoms with Gasteiger partial charge in [0, 0.05) is 98.4 Å². The molecule has 2 atom stereocenters. The van der Waals surface area contributed by atoms with Gasteiger partial charge >= 0.3 is 0 Å². The zero-order chi connectivity index (χ0) is 53.3. The number of rotatable bonds is 15. The van der Waals surface area contributed by atoms with Crippen molar-refractivity contribution in [3.63, 3.8) is 0 Å². The normalized spacial score (nSPS) is 18.8. The topological polar surface area (TPSA) is 146 Å². The minimum absolute atomic E-state index is 0.00513. The number of carbonyl (C=O) groups excluding carboxylic acids is 1. The number of aliphatic hydroxyl groups excluding tert-OH is 2. The first-order valence-corrected chi connectivity index (χ1v) is 27.7. The van der Waals surface area contributed by atoms with Crippen molar-refractivity contribution in [2.75, 3.05) is 62.3 Å². The van der Waals surface area contributed by atoms with Crippen molar-refractivity contribution < 1.29 is 15.0 Å². The lowest BCUT2D eigenvalue weighted by molar-refractivity contribution is -0.135. The van der Waals surface area contributed by atoms with Gasteiger partial charge in [0.2, 0.25) is 5.91 Å². The quantitative estimate of drug-likeness (QED) is 0.103. The number of anilines is 2. The minimum atomic E-state index is -0.140. The van der Waals surface area contributed by atoms with E-state index >= 15 is 0 Å². The summed E-state index contributed by atoms with van der Waals surface area (Å²) in [7, 11) is 0. The number of hydrogen-bond acceptors (Lipinski definition) is 11. The third kappa shape index (κ3) is 12.7. The van der Waals surface area contributed by atoms with Crippen LogP contribution < -0.4 is 9.80 Å². The van der Waals surface area contributed by atoms with Crippen LogP contribution >= 0.6 is 0 Å². The molecule has 6 heterocycles. The number of aromatic nitrogens is 4. The Kier molecular flexibility index (Phi) is 18.8. The zero-order valence-electron chi connectivity index (χ0n) is 45.9. The largest absolute Gasteiger partial charge is 0.396 e. The lowest BCUT2D eigenvalue weighted by atomic mass is 9.92. The Bertz CT molecular complexity index is 2790. The number of aliphatic hydroxyl groups is 2. The molecule has 74 heavy (non-hydrogen) atoms. The molecule has 4 aromatic heterocycles. The van der Waals surface area contributed by atoms with Crippen molar-refractivity contribution in [3.05, 3.63) is 108 Å². The molecular weight excluding hydrogens is 919 g/mol. The molecule has 5 aromatic rings. The number of benzene rings is 1. The molecule has 10 rings (SSSR count). The van der Waals surface area contributed by atoms with Gasteiger partial charge in [-0.15, -0.1) is 0 Å². The highest BCUT2D eigenvalue weighted by Crippen LogP contribution is 2.47. The molecule has 0 spiro atoms. The highest BCUT2D eigenvalue weighted by Gasteiger charge is 2.44. The van der Waals surface area contributed by atoms with E-state index in [1.807, 2.05) is 62.9 Å². The van der Waals surface area contributed by atoms with Gasteiger partial charge in [0.05, 0.1) is 46.5 Å². The second-order valence-electron chi connectivity index (χ2n) is 21.2. The Morgan fingerprint density at radius 3 is 2.00 bits per heavy atom. The van der Waals surface area contributed by atoms with Gasteiger partial charge < -0.3 is 24.9 Å². The molecule has 3 aliphatic carbocycles. The van der Waals surface area contributed by atoms with Crippen molar-refractivity contribution in [1.82, 2.24) is 29.7 Å². The van der Waals surface area contributed by atoms with Crippen LogP contribution in [0.4, 0.5) is 11.6 Å². The van der Waals surface area contributed by atoms with Crippen LogP contribution in [0.25, 0.3) is 45.3 Å². The third-order valence-electron chi connectivity index (χ3n) is 15.4. The SMILES string of the molecule is C=Cc1cc(-c2cc(C#N)c(N3CCN(C(=O)CCO)C(C(C)C)C3)nc2C2CC2)ccn1.C=Cc1ccc2ccc(-c3cc(C)c(N4CCN(C(C)(C)CCO)C(C5CC5)C4)nc3C3CC3)cc2n1.CC.CC.